The summed E-state index contributed by atoms with van der Waals surface area (Å²) in [4.78, 5) is 38.3. The van der Waals surface area contributed by atoms with Gasteiger partial charge in [-0.1, -0.05) is 42.5 Å². The number of nitrogen functional groups attached to an aromatic ring is 1. The van der Waals surface area contributed by atoms with Crippen LogP contribution in [0.3, 0.4) is 0 Å². The third kappa shape index (κ3) is 5.87. The quantitative estimate of drug-likeness (QED) is 0.237. The SMILES string of the molecule is CC(c1oc(=O)c2ccccc2c1-c1ccc(CN2CCN(C(=O)OC(C)(C)C)CC2)cc1)n1nc(I)c2c(N)ncnc21. The van der Waals surface area contributed by atoms with E-state index in [2.05, 4.69) is 61.7 Å². The Morgan fingerprint density at radius 3 is 2.41 bits per heavy atom. The minimum atomic E-state index is -0.507. The van der Waals surface area contributed by atoms with Crippen molar-refractivity contribution in [2.45, 2.75) is 45.9 Å². The van der Waals surface area contributed by atoms with Gasteiger partial charge in [0.2, 0.25) is 0 Å². The van der Waals surface area contributed by atoms with E-state index in [1.807, 2.05) is 45.9 Å². The molecule has 1 aliphatic rings. The first-order valence-corrected chi connectivity index (χ1v) is 15.6. The van der Waals surface area contributed by atoms with Gasteiger partial charge >= 0.3 is 11.7 Å². The van der Waals surface area contributed by atoms with Crippen LogP contribution >= 0.6 is 22.6 Å². The summed E-state index contributed by atoms with van der Waals surface area (Å²) < 4.78 is 14.0. The Kier molecular flexibility index (Phi) is 8.05. The molecule has 0 saturated carbocycles. The Hall–Kier alpha value is -4.04. The third-order valence-electron chi connectivity index (χ3n) is 7.76. The van der Waals surface area contributed by atoms with Crippen molar-refractivity contribution in [1.82, 2.24) is 29.5 Å². The molecule has 44 heavy (non-hydrogen) atoms. The fraction of sp³-hybridized carbons (Fsp3) is 0.344. The number of nitrogens with zero attached hydrogens (tertiary/aromatic N) is 6. The van der Waals surface area contributed by atoms with Crippen LogP contribution in [-0.4, -0.2) is 67.4 Å². The zero-order valence-corrected chi connectivity index (χ0v) is 27.2. The van der Waals surface area contributed by atoms with E-state index in [0.29, 0.717) is 44.8 Å². The standard InChI is InChI=1S/C32H34IN7O4/c1-19(40-29-25(27(33)37-40)28(34)35-18-36-29)26-24(22-7-5-6-8-23(22)30(41)43-26)21-11-9-20(10-12-21)17-38-13-15-39(16-14-38)31(42)44-32(2,3)4/h5-12,18-19H,13-17H2,1-4H3,(H2,34,35,36). The zero-order chi connectivity index (χ0) is 31.2. The number of halogens is 1. The molecule has 12 heteroatoms. The Morgan fingerprint density at radius 2 is 1.73 bits per heavy atom. The third-order valence-corrected chi connectivity index (χ3v) is 8.51. The highest BCUT2D eigenvalue weighted by molar-refractivity contribution is 14.1. The molecule has 1 unspecified atom stereocenters. The van der Waals surface area contributed by atoms with E-state index in [1.165, 1.54) is 6.33 Å². The van der Waals surface area contributed by atoms with Crippen molar-refractivity contribution in [3.8, 4) is 11.1 Å². The summed E-state index contributed by atoms with van der Waals surface area (Å²) in [5.74, 6) is 0.831. The van der Waals surface area contributed by atoms with Gasteiger partial charge in [0.15, 0.2) is 5.65 Å². The summed E-state index contributed by atoms with van der Waals surface area (Å²) in [7, 11) is 0. The first-order chi connectivity index (χ1) is 21.0. The lowest BCUT2D eigenvalue weighted by Gasteiger charge is -2.35. The molecule has 11 nitrogen and oxygen atoms in total. The fourth-order valence-corrected chi connectivity index (χ4v) is 6.34. The maximum Gasteiger partial charge on any atom is 0.410 e. The highest BCUT2D eigenvalue weighted by Crippen LogP contribution is 2.37. The molecule has 4 heterocycles. The van der Waals surface area contributed by atoms with E-state index < -0.39 is 17.3 Å². The van der Waals surface area contributed by atoms with E-state index in [0.717, 1.165) is 41.7 Å². The van der Waals surface area contributed by atoms with Crippen molar-refractivity contribution in [2.24, 2.45) is 0 Å². The number of benzene rings is 2. The number of carbonyl (C=O) groups excluding carboxylic acids is 1. The van der Waals surface area contributed by atoms with Gasteiger partial charge < -0.3 is 19.8 Å². The average Bonchev–Trinajstić information content (AvgIpc) is 3.34. The molecule has 0 aliphatic carbocycles. The minimum Gasteiger partial charge on any atom is -0.444 e. The van der Waals surface area contributed by atoms with Crippen LogP contribution in [0.4, 0.5) is 10.6 Å². The molecule has 1 aliphatic heterocycles. The predicted octanol–water partition coefficient (Wildman–Crippen LogP) is 5.45. The van der Waals surface area contributed by atoms with Crippen molar-refractivity contribution in [2.75, 3.05) is 31.9 Å². The van der Waals surface area contributed by atoms with E-state index in [9.17, 15) is 9.59 Å². The number of amides is 1. The van der Waals surface area contributed by atoms with Crippen LogP contribution in [0.15, 0.2) is 64.1 Å². The summed E-state index contributed by atoms with van der Waals surface area (Å²) >= 11 is 2.12. The van der Waals surface area contributed by atoms with Crippen molar-refractivity contribution >= 4 is 56.3 Å². The highest BCUT2D eigenvalue weighted by atomic mass is 127. The number of fused-ring (bicyclic) bond motifs is 2. The highest BCUT2D eigenvalue weighted by Gasteiger charge is 2.27. The molecule has 5 aromatic rings. The second-order valence-electron chi connectivity index (χ2n) is 12.0. The van der Waals surface area contributed by atoms with Crippen LogP contribution in [0.2, 0.25) is 0 Å². The van der Waals surface area contributed by atoms with Gasteiger partial charge in [0.05, 0.1) is 10.8 Å². The van der Waals surface area contributed by atoms with Gasteiger partial charge in [-0.05, 0) is 67.5 Å². The monoisotopic (exact) mass is 707 g/mol. The molecular formula is C32H34IN7O4. The molecule has 2 aromatic carbocycles. The molecule has 1 fully saturated rings. The normalized spacial score (nSPS) is 15.2. The van der Waals surface area contributed by atoms with E-state index in [4.69, 9.17) is 20.0 Å². The lowest BCUT2D eigenvalue weighted by molar-refractivity contribution is 0.0139. The number of rotatable bonds is 5. The smallest absolute Gasteiger partial charge is 0.410 e. The summed E-state index contributed by atoms with van der Waals surface area (Å²) in [6.07, 6.45) is 1.15. The molecule has 1 amide bonds. The lowest BCUT2D eigenvalue weighted by atomic mass is 9.95. The molecule has 2 N–H and O–H groups in total. The van der Waals surface area contributed by atoms with Crippen molar-refractivity contribution in [3.63, 3.8) is 0 Å². The lowest BCUT2D eigenvalue weighted by Crippen LogP contribution is -2.49. The molecule has 0 radical (unpaired) electrons. The minimum absolute atomic E-state index is 0.262. The summed E-state index contributed by atoms with van der Waals surface area (Å²) in [5.41, 5.74) is 8.69. The number of nitrogens with two attached hydrogens (primary N) is 1. The van der Waals surface area contributed by atoms with Gasteiger partial charge in [0.25, 0.3) is 0 Å². The number of ether oxygens (including phenoxy) is 1. The van der Waals surface area contributed by atoms with Gasteiger partial charge in [0.1, 0.15) is 33.2 Å². The van der Waals surface area contributed by atoms with Gasteiger partial charge in [0, 0.05) is 43.7 Å². The number of piperazine rings is 1. The molecule has 228 valence electrons. The van der Waals surface area contributed by atoms with Crippen LogP contribution in [-0.2, 0) is 11.3 Å². The summed E-state index contributed by atoms with van der Waals surface area (Å²) in [5, 5.41) is 6.69. The van der Waals surface area contributed by atoms with Crippen molar-refractivity contribution in [3.05, 3.63) is 80.3 Å². The van der Waals surface area contributed by atoms with Crippen LogP contribution in [0.5, 0.6) is 0 Å². The Bertz CT molecular complexity index is 1900. The number of aromatic nitrogens is 4. The predicted molar refractivity (Wildman–Crippen MR) is 177 cm³/mol. The second-order valence-corrected chi connectivity index (χ2v) is 13.0. The van der Waals surface area contributed by atoms with Crippen molar-refractivity contribution < 1.29 is 13.9 Å². The summed E-state index contributed by atoms with van der Waals surface area (Å²) in [6.45, 7) is 11.1. The van der Waals surface area contributed by atoms with Crippen LogP contribution < -0.4 is 11.4 Å². The van der Waals surface area contributed by atoms with E-state index in [1.54, 1.807) is 15.6 Å². The number of hydrogen-bond acceptors (Lipinski definition) is 9. The Labute approximate surface area is 268 Å². The summed E-state index contributed by atoms with van der Waals surface area (Å²) in [6, 6.07) is 15.3. The largest absolute Gasteiger partial charge is 0.444 e. The maximum atomic E-state index is 13.2. The molecule has 6 rings (SSSR count). The molecule has 3 aromatic heterocycles. The van der Waals surface area contributed by atoms with Crippen LogP contribution in [0.25, 0.3) is 32.9 Å². The first-order valence-electron chi connectivity index (χ1n) is 14.5. The molecule has 0 spiro atoms. The Balaban J connectivity index is 1.30. The number of carbonyl (C=O) groups is 1. The topological polar surface area (TPSA) is 133 Å². The van der Waals surface area contributed by atoms with Crippen LogP contribution in [0.1, 0.15) is 45.1 Å². The van der Waals surface area contributed by atoms with E-state index >= 15 is 0 Å². The molecule has 1 atom stereocenters. The zero-order valence-electron chi connectivity index (χ0n) is 25.1. The maximum absolute atomic E-state index is 13.2. The molecule has 1 saturated heterocycles. The number of hydrogen-bond donors (Lipinski definition) is 1. The van der Waals surface area contributed by atoms with E-state index in [-0.39, 0.29) is 6.09 Å². The van der Waals surface area contributed by atoms with Gasteiger partial charge in [-0.2, -0.15) is 5.10 Å². The van der Waals surface area contributed by atoms with Crippen LogP contribution in [0, 0.1) is 3.70 Å². The fourth-order valence-electron chi connectivity index (χ4n) is 5.59. The molecule has 0 bridgehead atoms. The Morgan fingerprint density at radius 1 is 1.05 bits per heavy atom. The van der Waals surface area contributed by atoms with Crippen molar-refractivity contribution in [1.29, 1.82) is 0 Å². The van der Waals surface area contributed by atoms with Gasteiger partial charge in [-0.3, -0.25) is 4.90 Å². The average molecular weight is 708 g/mol. The first kappa shape index (κ1) is 30.0. The second kappa shape index (κ2) is 11.8. The number of anilines is 1. The van der Waals surface area contributed by atoms with Gasteiger partial charge in [-0.25, -0.2) is 24.2 Å². The molecular weight excluding hydrogens is 673 g/mol. The van der Waals surface area contributed by atoms with Gasteiger partial charge in [-0.15, -0.1) is 0 Å².